The highest BCUT2D eigenvalue weighted by molar-refractivity contribution is 5.97. The van der Waals surface area contributed by atoms with E-state index >= 15 is 0 Å². The maximum absolute atomic E-state index is 12.8. The van der Waals surface area contributed by atoms with Crippen molar-refractivity contribution in [2.45, 2.75) is 13.0 Å². The lowest BCUT2D eigenvalue weighted by molar-refractivity contribution is 0.0140. The number of morpholine rings is 1. The minimum atomic E-state index is -0.990. The molecule has 0 amide bonds. The first-order chi connectivity index (χ1) is 12.1. The molecule has 2 aromatic rings. The molecule has 0 bridgehead atoms. The Morgan fingerprint density at radius 3 is 2.84 bits per heavy atom. The van der Waals surface area contributed by atoms with E-state index in [4.69, 9.17) is 9.47 Å². The minimum Gasteiger partial charge on any atom is -0.462 e. The molecular formula is C18H22N2O5. The molecule has 1 N–H and O–H groups in total. The van der Waals surface area contributed by atoms with E-state index in [1.165, 1.54) is 10.5 Å². The first kappa shape index (κ1) is 17.6. The molecule has 3 heterocycles. The van der Waals surface area contributed by atoms with Crippen LogP contribution in [0.4, 0.5) is 0 Å². The summed E-state index contributed by atoms with van der Waals surface area (Å²) in [6.07, 6.45) is 0.599. The van der Waals surface area contributed by atoms with E-state index in [0.717, 1.165) is 0 Å². The maximum atomic E-state index is 12.8. The van der Waals surface area contributed by atoms with Gasteiger partial charge in [0.15, 0.2) is 0 Å². The summed E-state index contributed by atoms with van der Waals surface area (Å²) < 4.78 is 11.8. The van der Waals surface area contributed by atoms with E-state index in [9.17, 15) is 14.7 Å². The highest BCUT2D eigenvalue weighted by atomic mass is 16.5. The van der Waals surface area contributed by atoms with E-state index in [-0.39, 0.29) is 23.3 Å². The van der Waals surface area contributed by atoms with Crippen molar-refractivity contribution in [3.8, 4) is 0 Å². The fraction of sp³-hybridized carbons (Fsp3) is 0.444. The molecule has 2 aromatic heterocycles. The van der Waals surface area contributed by atoms with Gasteiger partial charge in [0.05, 0.1) is 37.0 Å². The second kappa shape index (κ2) is 7.77. The molecule has 0 spiro atoms. The lowest BCUT2D eigenvalue weighted by atomic mass is 10.1. The lowest BCUT2D eigenvalue weighted by Crippen LogP contribution is -2.39. The number of carbonyl (C=O) groups is 1. The predicted molar refractivity (Wildman–Crippen MR) is 91.8 cm³/mol. The third-order valence-corrected chi connectivity index (χ3v) is 4.29. The summed E-state index contributed by atoms with van der Waals surface area (Å²) in [7, 11) is 0. The molecule has 0 radical (unpaired) electrons. The Hall–Kier alpha value is -2.22. The quantitative estimate of drug-likeness (QED) is 0.808. The number of pyridine rings is 2. The molecule has 1 aliphatic rings. The van der Waals surface area contributed by atoms with Crippen LogP contribution in [0.5, 0.6) is 0 Å². The number of esters is 1. The van der Waals surface area contributed by atoms with Crippen LogP contribution in [0, 0.1) is 0 Å². The Balaban J connectivity index is 2.00. The molecule has 134 valence electrons. The molecule has 0 saturated carbocycles. The number of hydrogen-bond acceptors (Lipinski definition) is 6. The Labute approximate surface area is 145 Å². The molecule has 3 rings (SSSR count). The molecule has 1 unspecified atom stereocenters. The highest BCUT2D eigenvalue weighted by Gasteiger charge is 2.22. The molecule has 25 heavy (non-hydrogen) atoms. The minimum absolute atomic E-state index is 0.193. The molecule has 1 fully saturated rings. The van der Waals surface area contributed by atoms with Gasteiger partial charge in [-0.3, -0.25) is 14.1 Å². The van der Waals surface area contributed by atoms with E-state index in [1.807, 2.05) is 4.90 Å². The van der Waals surface area contributed by atoms with Crippen molar-refractivity contribution in [3.63, 3.8) is 0 Å². The van der Waals surface area contributed by atoms with Crippen molar-refractivity contribution in [3.05, 3.63) is 51.9 Å². The number of β-amino-alcohol motifs (C(OH)–C–C–N with tert-alkyl or cyclic N) is 1. The van der Waals surface area contributed by atoms with Gasteiger partial charge in [0, 0.05) is 31.4 Å². The molecule has 1 aliphatic heterocycles. The summed E-state index contributed by atoms with van der Waals surface area (Å²) in [5, 5.41) is 10.6. The molecule has 7 heteroatoms. The van der Waals surface area contributed by atoms with Crippen LogP contribution >= 0.6 is 0 Å². The van der Waals surface area contributed by atoms with Gasteiger partial charge < -0.3 is 14.6 Å². The van der Waals surface area contributed by atoms with Gasteiger partial charge in [0.2, 0.25) is 0 Å². The summed E-state index contributed by atoms with van der Waals surface area (Å²) in [5.41, 5.74) is 0.606. The Morgan fingerprint density at radius 1 is 1.36 bits per heavy atom. The van der Waals surface area contributed by atoms with E-state index in [0.29, 0.717) is 38.4 Å². The lowest BCUT2D eigenvalue weighted by Gasteiger charge is -2.28. The van der Waals surface area contributed by atoms with Gasteiger partial charge in [-0.1, -0.05) is 6.07 Å². The van der Waals surface area contributed by atoms with Crippen LogP contribution in [0.15, 0.2) is 35.3 Å². The van der Waals surface area contributed by atoms with Gasteiger partial charge in [-0.25, -0.2) is 4.79 Å². The smallest absolute Gasteiger partial charge is 0.340 e. The Bertz CT molecular complexity index is 811. The van der Waals surface area contributed by atoms with Crippen molar-refractivity contribution >= 4 is 11.5 Å². The third kappa shape index (κ3) is 3.73. The fourth-order valence-corrected chi connectivity index (χ4v) is 3.01. The fourth-order valence-electron chi connectivity index (χ4n) is 3.01. The van der Waals surface area contributed by atoms with Crippen LogP contribution in [0.3, 0.4) is 0 Å². The molecule has 7 nitrogen and oxygen atoms in total. The van der Waals surface area contributed by atoms with Crippen LogP contribution in [0.2, 0.25) is 0 Å². The summed E-state index contributed by atoms with van der Waals surface area (Å²) in [6, 6.07) is 6.61. The van der Waals surface area contributed by atoms with Gasteiger partial charge in [-0.2, -0.15) is 0 Å². The zero-order chi connectivity index (χ0) is 17.8. The average Bonchev–Trinajstić information content (AvgIpc) is 2.63. The number of ether oxygens (including phenoxy) is 2. The summed E-state index contributed by atoms with van der Waals surface area (Å²) in [5.74, 6) is -0.508. The van der Waals surface area contributed by atoms with Gasteiger partial charge >= 0.3 is 5.97 Å². The number of rotatable bonds is 5. The summed E-state index contributed by atoms with van der Waals surface area (Å²) in [6.45, 7) is 4.91. The Kier molecular flexibility index (Phi) is 5.47. The third-order valence-electron chi connectivity index (χ3n) is 4.29. The van der Waals surface area contributed by atoms with E-state index in [2.05, 4.69) is 0 Å². The van der Waals surface area contributed by atoms with Crippen LogP contribution in [-0.4, -0.2) is 59.8 Å². The molecule has 1 atom stereocenters. The number of carbonyl (C=O) groups excluding carboxylic acids is 1. The van der Waals surface area contributed by atoms with Crippen molar-refractivity contribution in [2.24, 2.45) is 0 Å². The second-order valence-electron chi connectivity index (χ2n) is 5.92. The molecule has 1 saturated heterocycles. The van der Waals surface area contributed by atoms with Gasteiger partial charge in [0.25, 0.3) is 5.56 Å². The molecular weight excluding hydrogens is 324 g/mol. The standard InChI is InChI=1S/C18H22N2O5/c1-2-25-18(23)13-11-14(16(21)12-19-7-9-24-10-8-19)17(22)20-6-4-3-5-15(13)20/h3-6,11,16,21H,2,7-10,12H2,1H3. The van der Waals surface area contributed by atoms with Crippen molar-refractivity contribution in [1.29, 1.82) is 0 Å². The SMILES string of the molecule is CCOC(=O)c1cc(C(O)CN2CCOCC2)c(=O)n2ccccc12. The number of aliphatic hydroxyl groups is 1. The topological polar surface area (TPSA) is 80.5 Å². The summed E-state index contributed by atoms with van der Waals surface area (Å²) in [4.78, 5) is 27.1. The second-order valence-corrected chi connectivity index (χ2v) is 5.92. The molecule has 0 aliphatic carbocycles. The normalized spacial score (nSPS) is 16.7. The van der Waals surface area contributed by atoms with Crippen molar-refractivity contribution in [2.75, 3.05) is 39.5 Å². The predicted octanol–water partition coefficient (Wildman–Crippen LogP) is 0.842. The largest absolute Gasteiger partial charge is 0.462 e. The van der Waals surface area contributed by atoms with Gasteiger partial charge in [-0.05, 0) is 25.1 Å². The number of nitrogens with zero attached hydrogens (tertiary/aromatic N) is 2. The zero-order valence-corrected chi connectivity index (χ0v) is 14.2. The van der Waals surface area contributed by atoms with E-state index < -0.39 is 12.1 Å². The first-order valence-corrected chi connectivity index (χ1v) is 8.41. The van der Waals surface area contributed by atoms with Crippen molar-refractivity contribution < 1.29 is 19.4 Å². The number of hydrogen-bond donors (Lipinski definition) is 1. The van der Waals surface area contributed by atoms with Crippen LogP contribution < -0.4 is 5.56 Å². The highest BCUT2D eigenvalue weighted by Crippen LogP contribution is 2.18. The molecule has 0 aromatic carbocycles. The van der Waals surface area contributed by atoms with Crippen molar-refractivity contribution in [1.82, 2.24) is 9.30 Å². The number of fused-ring (bicyclic) bond motifs is 1. The average molecular weight is 346 g/mol. The first-order valence-electron chi connectivity index (χ1n) is 8.41. The summed E-state index contributed by atoms with van der Waals surface area (Å²) >= 11 is 0. The zero-order valence-electron chi connectivity index (χ0n) is 14.2. The Morgan fingerprint density at radius 2 is 2.12 bits per heavy atom. The van der Waals surface area contributed by atoms with Crippen LogP contribution in [0.25, 0.3) is 5.52 Å². The van der Waals surface area contributed by atoms with Gasteiger partial charge in [0.1, 0.15) is 0 Å². The maximum Gasteiger partial charge on any atom is 0.340 e. The monoisotopic (exact) mass is 346 g/mol. The van der Waals surface area contributed by atoms with Gasteiger partial charge in [-0.15, -0.1) is 0 Å². The van der Waals surface area contributed by atoms with E-state index in [1.54, 1.807) is 31.3 Å². The van der Waals surface area contributed by atoms with Crippen LogP contribution in [-0.2, 0) is 9.47 Å². The van der Waals surface area contributed by atoms with Crippen LogP contribution in [0.1, 0.15) is 28.9 Å². The number of aliphatic hydroxyl groups excluding tert-OH is 1. The number of aromatic nitrogens is 1.